The first kappa shape index (κ1) is 14.0. The van der Waals surface area contributed by atoms with E-state index in [0.717, 1.165) is 48.8 Å². The van der Waals surface area contributed by atoms with Gasteiger partial charge in [0.2, 0.25) is 0 Å². The summed E-state index contributed by atoms with van der Waals surface area (Å²) in [6, 6.07) is 5.91. The maximum absolute atomic E-state index is 6.09. The summed E-state index contributed by atoms with van der Waals surface area (Å²) < 4.78 is 5.73. The number of hydrogen-bond donors (Lipinski definition) is 0. The number of benzene rings is 1. The Morgan fingerprint density at radius 2 is 2.28 bits per heavy atom. The fourth-order valence-electron chi connectivity index (χ4n) is 2.47. The average Bonchev–Trinajstić information content (AvgIpc) is 2.39. The van der Waals surface area contributed by atoms with Gasteiger partial charge >= 0.3 is 0 Å². The van der Waals surface area contributed by atoms with Crippen LogP contribution in [0.3, 0.4) is 0 Å². The van der Waals surface area contributed by atoms with Crippen LogP contribution in [0.1, 0.15) is 25.3 Å². The summed E-state index contributed by atoms with van der Waals surface area (Å²) in [5, 5.41) is 0.761. The smallest absolute Gasteiger partial charge is 0.0750 e. The molecule has 0 bridgehead atoms. The molecule has 100 valence electrons. The van der Waals surface area contributed by atoms with E-state index < -0.39 is 0 Å². The van der Waals surface area contributed by atoms with Crippen LogP contribution in [0.4, 0.5) is 5.69 Å². The molecule has 2 nitrogen and oxygen atoms in total. The molecule has 0 aromatic heterocycles. The molecule has 0 spiro atoms. The van der Waals surface area contributed by atoms with Gasteiger partial charge in [-0.3, -0.25) is 0 Å². The number of anilines is 1. The summed E-state index contributed by atoms with van der Waals surface area (Å²) in [5.74, 6) is 0.516. The van der Waals surface area contributed by atoms with Crippen molar-refractivity contribution in [1.29, 1.82) is 0 Å². The van der Waals surface area contributed by atoms with Gasteiger partial charge in [-0.05, 0) is 37.5 Å². The maximum Gasteiger partial charge on any atom is 0.0750 e. The Kier molecular flexibility index (Phi) is 5.16. The predicted octanol–water partition coefficient (Wildman–Crippen LogP) is 4.08. The molecule has 1 saturated heterocycles. The fourth-order valence-corrected chi connectivity index (χ4v) is 2.87. The summed E-state index contributed by atoms with van der Waals surface area (Å²) in [5.41, 5.74) is 2.29. The summed E-state index contributed by atoms with van der Waals surface area (Å²) >= 11 is 12.1. The van der Waals surface area contributed by atoms with Crippen molar-refractivity contribution >= 4 is 28.9 Å². The Morgan fingerprint density at radius 3 is 3.00 bits per heavy atom. The monoisotopic (exact) mass is 287 g/mol. The average molecular weight is 288 g/mol. The summed E-state index contributed by atoms with van der Waals surface area (Å²) in [6.45, 7) is 4.80. The van der Waals surface area contributed by atoms with Gasteiger partial charge in [0.25, 0.3) is 0 Å². The van der Waals surface area contributed by atoms with Gasteiger partial charge in [0.1, 0.15) is 0 Å². The Balaban J connectivity index is 2.17. The fraction of sp³-hybridized carbons (Fsp3) is 0.571. The van der Waals surface area contributed by atoms with Crippen LogP contribution in [-0.2, 0) is 10.6 Å². The SMILES string of the molecule is CCOC1CCCN(c2cc(Cl)ccc2CCl)C1. The first-order valence-corrected chi connectivity index (χ1v) is 7.36. The second-order valence-corrected chi connectivity index (χ2v) is 5.28. The number of hydrogen-bond acceptors (Lipinski definition) is 2. The quantitative estimate of drug-likeness (QED) is 0.774. The molecule has 0 amide bonds. The lowest BCUT2D eigenvalue weighted by molar-refractivity contribution is 0.0526. The molecule has 1 aliphatic heterocycles. The van der Waals surface area contributed by atoms with E-state index >= 15 is 0 Å². The Labute approximate surface area is 119 Å². The van der Waals surface area contributed by atoms with Crippen LogP contribution in [0.25, 0.3) is 0 Å². The largest absolute Gasteiger partial charge is 0.377 e. The van der Waals surface area contributed by atoms with Gasteiger partial charge in [0.05, 0.1) is 6.10 Å². The first-order valence-electron chi connectivity index (χ1n) is 6.45. The van der Waals surface area contributed by atoms with Crippen LogP contribution in [0.15, 0.2) is 18.2 Å². The van der Waals surface area contributed by atoms with Crippen LogP contribution in [0.2, 0.25) is 5.02 Å². The van der Waals surface area contributed by atoms with Gasteiger partial charge in [-0.15, -0.1) is 11.6 Å². The third kappa shape index (κ3) is 3.31. The standard InChI is InChI=1S/C14H19Cl2NO/c1-2-18-13-4-3-7-17(10-13)14-8-12(16)6-5-11(14)9-15/h5-6,8,13H,2-4,7,9-10H2,1H3. The lowest BCUT2D eigenvalue weighted by Gasteiger charge is -2.35. The molecular weight excluding hydrogens is 269 g/mol. The van der Waals surface area contributed by atoms with Gasteiger partial charge in [0.15, 0.2) is 0 Å². The number of halogens is 2. The van der Waals surface area contributed by atoms with E-state index in [0.29, 0.717) is 12.0 Å². The van der Waals surface area contributed by atoms with Crippen molar-refractivity contribution in [2.45, 2.75) is 31.7 Å². The highest BCUT2D eigenvalue weighted by Crippen LogP contribution is 2.29. The van der Waals surface area contributed by atoms with E-state index in [-0.39, 0.29) is 0 Å². The minimum atomic E-state index is 0.325. The van der Waals surface area contributed by atoms with E-state index in [9.17, 15) is 0 Å². The third-order valence-corrected chi connectivity index (χ3v) is 3.84. The van der Waals surface area contributed by atoms with Crippen molar-refractivity contribution in [3.8, 4) is 0 Å². The number of piperidine rings is 1. The predicted molar refractivity (Wildman–Crippen MR) is 77.9 cm³/mol. The molecule has 1 fully saturated rings. The van der Waals surface area contributed by atoms with Gasteiger partial charge in [-0.2, -0.15) is 0 Å². The summed E-state index contributed by atoms with van der Waals surface area (Å²) in [4.78, 5) is 2.34. The number of nitrogens with zero attached hydrogens (tertiary/aromatic N) is 1. The molecule has 1 heterocycles. The van der Waals surface area contributed by atoms with Crippen LogP contribution >= 0.6 is 23.2 Å². The van der Waals surface area contributed by atoms with Crippen LogP contribution in [0, 0.1) is 0 Å². The van der Waals surface area contributed by atoms with Gasteiger partial charge < -0.3 is 9.64 Å². The van der Waals surface area contributed by atoms with Crippen LogP contribution < -0.4 is 4.90 Å². The van der Waals surface area contributed by atoms with Gasteiger partial charge in [0, 0.05) is 36.3 Å². The van der Waals surface area contributed by atoms with E-state index in [1.54, 1.807) is 0 Å². The van der Waals surface area contributed by atoms with Crippen molar-refractivity contribution in [1.82, 2.24) is 0 Å². The maximum atomic E-state index is 6.09. The lowest BCUT2D eigenvalue weighted by Crippen LogP contribution is -2.40. The minimum absolute atomic E-state index is 0.325. The summed E-state index contributed by atoms with van der Waals surface area (Å²) in [6.07, 6.45) is 2.62. The Morgan fingerprint density at radius 1 is 1.44 bits per heavy atom. The molecule has 1 unspecified atom stereocenters. The second kappa shape index (κ2) is 6.65. The van der Waals surface area contributed by atoms with Crippen molar-refractivity contribution in [2.24, 2.45) is 0 Å². The molecule has 0 aliphatic carbocycles. The zero-order chi connectivity index (χ0) is 13.0. The van der Waals surface area contributed by atoms with Gasteiger partial charge in [-0.25, -0.2) is 0 Å². The van der Waals surface area contributed by atoms with Gasteiger partial charge in [-0.1, -0.05) is 17.7 Å². The molecule has 1 aromatic carbocycles. The van der Waals surface area contributed by atoms with Crippen molar-refractivity contribution in [3.63, 3.8) is 0 Å². The zero-order valence-electron chi connectivity index (χ0n) is 10.7. The lowest BCUT2D eigenvalue weighted by atomic mass is 10.1. The van der Waals surface area contributed by atoms with Crippen molar-refractivity contribution in [2.75, 3.05) is 24.6 Å². The molecule has 4 heteroatoms. The van der Waals surface area contributed by atoms with E-state index in [1.165, 1.54) is 0 Å². The van der Waals surface area contributed by atoms with E-state index in [4.69, 9.17) is 27.9 Å². The Bertz CT molecular complexity index is 395. The first-order chi connectivity index (χ1) is 8.74. The molecule has 1 aliphatic rings. The van der Waals surface area contributed by atoms with E-state index in [1.807, 2.05) is 25.1 Å². The van der Waals surface area contributed by atoms with Crippen molar-refractivity contribution in [3.05, 3.63) is 28.8 Å². The molecule has 0 radical (unpaired) electrons. The number of ether oxygens (including phenoxy) is 1. The normalized spacial score (nSPS) is 20.2. The topological polar surface area (TPSA) is 12.5 Å². The Hall–Kier alpha value is -0.440. The molecule has 0 saturated carbocycles. The molecule has 2 rings (SSSR count). The number of alkyl halides is 1. The second-order valence-electron chi connectivity index (χ2n) is 4.57. The third-order valence-electron chi connectivity index (χ3n) is 3.31. The van der Waals surface area contributed by atoms with E-state index in [2.05, 4.69) is 4.90 Å². The highest BCUT2D eigenvalue weighted by molar-refractivity contribution is 6.31. The van der Waals surface area contributed by atoms with Crippen LogP contribution in [-0.4, -0.2) is 25.8 Å². The summed E-state index contributed by atoms with van der Waals surface area (Å²) in [7, 11) is 0. The highest BCUT2D eigenvalue weighted by atomic mass is 35.5. The molecule has 1 aromatic rings. The molecule has 0 N–H and O–H groups in total. The zero-order valence-corrected chi connectivity index (χ0v) is 12.2. The molecule has 18 heavy (non-hydrogen) atoms. The molecular formula is C14H19Cl2NO. The minimum Gasteiger partial charge on any atom is -0.377 e. The number of rotatable bonds is 4. The highest BCUT2D eigenvalue weighted by Gasteiger charge is 2.21. The van der Waals surface area contributed by atoms with Crippen molar-refractivity contribution < 1.29 is 4.74 Å². The van der Waals surface area contributed by atoms with Crippen LogP contribution in [0.5, 0.6) is 0 Å². The molecule has 1 atom stereocenters.